The zero-order valence-corrected chi connectivity index (χ0v) is 17.6. The van der Waals surface area contributed by atoms with Crippen LogP contribution < -0.4 is 16.2 Å². The van der Waals surface area contributed by atoms with Gasteiger partial charge < -0.3 is 9.73 Å². The number of amides is 1. The first kappa shape index (κ1) is 20.2. The Morgan fingerprint density at radius 1 is 0.967 bits per heavy atom. The van der Waals surface area contributed by atoms with Crippen LogP contribution >= 0.6 is 35.4 Å². The minimum absolute atomic E-state index is 0.186. The molecule has 4 rings (SSSR count). The fraction of sp³-hybridized carbons (Fsp3) is 0. The van der Waals surface area contributed by atoms with Gasteiger partial charge in [-0.2, -0.15) is 0 Å². The van der Waals surface area contributed by atoms with Crippen molar-refractivity contribution in [3.05, 3.63) is 82.5 Å². The standard InChI is InChI=1S/C21H14Cl2N4O2S/c22-15-8-7-12(10-16(15)23)24-21(30)27-26-20(28)14-11-18(19-6-3-9-29-19)25-17-5-2-1-4-13(14)17/h1-11H,(H,26,28)(H2,24,27,30). The van der Waals surface area contributed by atoms with Crippen molar-refractivity contribution in [1.29, 1.82) is 0 Å². The van der Waals surface area contributed by atoms with E-state index in [4.69, 9.17) is 39.8 Å². The number of nitrogens with zero attached hydrogens (tertiary/aromatic N) is 1. The first-order valence-electron chi connectivity index (χ1n) is 8.77. The largest absolute Gasteiger partial charge is 0.463 e. The van der Waals surface area contributed by atoms with Crippen LogP contribution in [0.4, 0.5) is 5.69 Å². The van der Waals surface area contributed by atoms with Crippen LogP contribution in [0.15, 0.2) is 71.3 Å². The number of hydrogen-bond acceptors (Lipinski definition) is 4. The fourth-order valence-electron chi connectivity index (χ4n) is 2.83. The average Bonchev–Trinajstić information content (AvgIpc) is 3.29. The molecule has 0 bridgehead atoms. The molecule has 0 atom stereocenters. The third kappa shape index (κ3) is 4.38. The molecular formula is C21H14Cl2N4O2S. The second-order valence-corrected chi connectivity index (χ2v) is 7.43. The Labute approximate surface area is 187 Å². The van der Waals surface area contributed by atoms with Crippen LogP contribution in [0.25, 0.3) is 22.4 Å². The van der Waals surface area contributed by atoms with Gasteiger partial charge in [0.15, 0.2) is 10.9 Å². The number of thiocarbonyl (C=S) groups is 1. The van der Waals surface area contributed by atoms with E-state index in [-0.39, 0.29) is 11.0 Å². The van der Waals surface area contributed by atoms with Crippen LogP contribution in [-0.4, -0.2) is 16.0 Å². The lowest BCUT2D eigenvalue weighted by atomic mass is 10.1. The van der Waals surface area contributed by atoms with E-state index < -0.39 is 0 Å². The number of hydrogen-bond donors (Lipinski definition) is 3. The Kier molecular flexibility index (Phi) is 5.85. The lowest BCUT2D eigenvalue weighted by molar-refractivity contribution is 0.0946. The molecule has 0 spiro atoms. The summed E-state index contributed by atoms with van der Waals surface area (Å²) in [5.74, 6) is 0.194. The summed E-state index contributed by atoms with van der Waals surface area (Å²) in [7, 11) is 0. The highest BCUT2D eigenvalue weighted by molar-refractivity contribution is 7.80. The highest BCUT2D eigenvalue weighted by Gasteiger charge is 2.15. The van der Waals surface area contributed by atoms with Crippen LogP contribution in [0.5, 0.6) is 0 Å². The van der Waals surface area contributed by atoms with Crippen LogP contribution in [0.2, 0.25) is 10.0 Å². The van der Waals surface area contributed by atoms with Crippen molar-refractivity contribution >= 4 is 63.0 Å². The van der Waals surface area contributed by atoms with Crippen LogP contribution in [0.3, 0.4) is 0 Å². The third-order valence-electron chi connectivity index (χ3n) is 4.20. The Bertz CT molecular complexity index is 1250. The van der Waals surface area contributed by atoms with Gasteiger partial charge in [-0.05, 0) is 54.7 Å². The van der Waals surface area contributed by atoms with E-state index in [0.717, 1.165) is 0 Å². The molecule has 0 radical (unpaired) electrons. The van der Waals surface area contributed by atoms with Crippen LogP contribution in [-0.2, 0) is 0 Å². The average molecular weight is 457 g/mol. The molecule has 1 amide bonds. The van der Waals surface area contributed by atoms with Gasteiger partial charge in [-0.1, -0.05) is 41.4 Å². The molecule has 2 aromatic heterocycles. The fourth-order valence-corrected chi connectivity index (χ4v) is 3.30. The maximum absolute atomic E-state index is 12.9. The first-order valence-corrected chi connectivity index (χ1v) is 9.94. The Morgan fingerprint density at radius 3 is 2.57 bits per heavy atom. The van der Waals surface area contributed by atoms with Crippen molar-refractivity contribution < 1.29 is 9.21 Å². The highest BCUT2D eigenvalue weighted by atomic mass is 35.5. The van der Waals surface area contributed by atoms with Crippen molar-refractivity contribution in [2.75, 3.05) is 5.32 Å². The number of carbonyl (C=O) groups excluding carboxylic acids is 1. The zero-order valence-electron chi connectivity index (χ0n) is 15.3. The summed E-state index contributed by atoms with van der Waals surface area (Å²) >= 11 is 17.1. The quantitative estimate of drug-likeness (QED) is 0.281. The molecule has 0 saturated heterocycles. The lowest BCUT2D eigenvalue weighted by Gasteiger charge is -2.13. The Balaban J connectivity index is 1.52. The van der Waals surface area contributed by atoms with Crippen molar-refractivity contribution in [2.24, 2.45) is 0 Å². The number of rotatable bonds is 3. The van der Waals surface area contributed by atoms with Crippen molar-refractivity contribution in [3.8, 4) is 11.5 Å². The molecule has 2 aromatic carbocycles. The molecule has 4 aromatic rings. The van der Waals surface area contributed by atoms with Crippen LogP contribution in [0, 0.1) is 0 Å². The van der Waals surface area contributed by atoms with E-state index >= 15 is 0 Å². The van der Waals surface area contributed by atoms with E-state index in [0.29, 0.717) is 43.7 Å². The summed E-state index contributed by atoms with van der Waals surface area (Å²) in [6.07, 6.45) is 1.56. The zero-order chi connectivity index (χ0) is 21.1. The topological polar surface area (TPSA) is 79.2 Å². The molecule has 3 N–H and O–H groups in total. The van der Waals surface area contributed by atoms with E-state index in [1.807, 2.05) is 24.3 Å². The summed E-state index contributed by atoms with van der Waals surface area (Å²) in [6.45, 7) is 0. The van der Waals surface area contributed by atoms with Gasteiger partial charge in [-0.15, -0.1) is 0 Å². The maximum Gasteiger partial charge on any atom is 0.270 e. The molecular weight excluding hydrogens is 443 g/mol. The number of benzene rings is 2. The first-order chi connectivity index (χ1) is 14.5. The molecule has 150 valence electrons. The summed E-state index contributed by atoms with van der Waals surface area (Å²) < 4.78 is 5.43. The van der Waals surface area contributed by atoms with Gasteiger partial charge >= 0.3 is 0 Å². The maximum atomic E-state index is 12.9. The Hall–Kier alpha value is -3.13. The van der Waals surface area contributed by atoms with Gasteiger partial charge in [0.05, 0.1) is 27.4 Å². The number of anilines is 1. The normalized spacial score (nSPS) is 10.6. The number of hydrazine groups is 1. The predicted octanol–water partition coefficient (Wildman–Crippen LogP) is 5.43. The molecule has 9 heteroatoms. The number of nitrogens with one attached hydrogen (secondary N) is 3. The number of pyridine rings is 1. The van der Waals surface area contributed by atoms with Crippen molar-refractivity contribution in [1.82, 2.24) is 15.8 Å². The molecule has 0 fully saturated rings. The van der Waals surface area contributed by atoms with Gasteiger partial charge in [-0.25, -0.2) is 4.98 Å². The van der Waals surface area contributed by atoms with Gasteiger partial charge in [0.2, 0.25) is 0 Å². The summed E-state index contributed by atoms with van der Waals surface area (Å²) in [5, 5.41) is 4.64. The molecule has 0 unspecified atom stereocenters. The number of halogens is 2. The van der Waals surface area contributed by atoms with Crippen molar-refractivity contribution in [3.63, 3.8) is 0 Å². The van der Waals surface area contributed by atoms with E-state index in [1.165, 1.54) is 0 Å². The van der Waals surface area contributed by atoms with Crippen LogP contribution in [0.1, 0.15) is 10.4 Å². The number of para-hydroxylation sites is 1. The summed E-state index contributed by atoms with van der Waals surface area (Å²) in [6, 6.07) is 17.6. The SMILES string of the molecule is O=C(NNC(=S)Nc1ccc(Cl)c(Cl)c1)c1cc(-c2ccco2)nc2ccccc12. The number of carbonyl (C=O) groups is 1. The molecule has 0 aliphatic heterocycles. The minimum atomic E-state index is -0.375. The van der Waals surface area contributed by atoms with E-state index in [9.17, 15) is 4.79 Å². The van der Waals surface area contributed by atoms with E-state index in [2.05, 4.69) is 21.2 Å². The molecule has 0 aliphatic carbocycles. The summed E-state index contributed by atoms with van der Waals surface area (Å²) in [4.78, 5) is 17.4. The van der Waals surface area contributed by atoms with Gasteiger partial charge in [0.25, 0.3) is 5.91 Å². The van der Waals surface area contributed by atoms with E-state index in [1.54, 1.807) is 42.7 Å². The van der Waals surface area contributed by atoms with Gasteiger partial charge in [0.1, 0.15) is 5.69 Å². The monoisotopic (exact) mass is 456 g/mol. The number of aromatic nitrogens is 1. The lowest BCUT2D eigenvalue weighted by Crippen LogP contribution is -2.43. The van der Waals surface area contributed by atoms with Crippen molar-refractivity contribution in [2.45, 2.75) is 0 Å². The second-order valence-electron chi connectivity index (χ2n) is 6.21. The highest BCUT2D eigenvalue weighted by Crippen LogP contribution is 2.26. The minimum Gasteiger partial charge on any atom is -0.463 e. The number of furan rings is 1. The van der Waals surface area contributed by atoms with Gasteiger partial charge in [0, 0.05) is 11.1 Å². The second kappa shape index (κ2) is 8.71. The number of fused-ring (bicyclic) bond motifs is 1. The molecule has 6 nitrogen and oxygen atoms in total. The van der Waals surface area contributed by atoms with Gasteiger partial charge in [-0.3, -0.25) is 15.6 Å². The third-order valence-corrected chi connectivity index (χ3v) is 5.14. The molecule has 0 saturated carbocycles. The molecule has 0 aliphatic rings. The predicted molar refractivity (Wildman–Crippen MR) is 123 cm³/mol. The molecule has 30 heavy (non-hydrogen) atoms. The molecule has 2 heterocycles. The summed E-state index contributed by atoms with van der Waals surface area (Å²) in [5.41, 5.74) is 7.57. The Morgan fingerprint density at radius 2 is 1.80 bits per heavy atom. The smallest absolute Gasteiger partial charge is 0.270 e.